The van der Waals surface area contributed by atoms with Crippen LogP contribution in [-0.4, -0.2) is 31.1 Å². The Morgan fingerprint density at radius 2 is 1.84 bits per heavy atom. The van der Waals surface area contributed by atoms with Gasteiger partial charge < -0.3 is 10.6 Å². The van der Waals surface area contributed by atoms with Gasteiger partial charge in [-0.1, -0.05) is 26.2 Å². The molecule has 0 aromatic heterocycles. The smallest absolute Gasteiger partial charge is 0.321 e. The van der Waals surface area contributed by atoms with E-state index in [2.05, 4.69) is 22.9 Å². The van der Waals surface area contributed by atoms with Gasteiger partial charge in [-0.2, -0.15) is 0 Å². The zero-order chi connectivity index (χ0) is 14.3. The predicted octanol–water partition coefficient (Wildman–Crippen LogP) is 1.78. The molecule has 5 heteroatoms. The molecule has 0 saturated heterocycles. The minimum atomic E-state index is -0.426. The van der Waals surface area contributed by atoms with Crippen LogP contribution >= 0.6 is 0 Å². The lowest BCUT2D eigenvalue weighted by atomic mass is 9.75. The van der Waals surface area contributed by atoms with Crippen LogP contribution in [-0.2, 0) is 4.79 Å². The molecule has 1 unspecified atom stereocenters. The number of carbonyl (C=O) groups is 2. The van der Waals surface area contributed by atoms with Gasteiger partial charge in [0, 0.05) is 13.1 Å². The SMILES string of the molecule is CCNC(=O)NC(=O)C(C)NCC1(C)CCCCC1. The normalized spacial score (nSPS) is 19.5. The van der Waals surface area contributed by atoms with Gasteiger partial charge in [-0.25, -0.2) is 4.79 Å². The molecule has 3 amide bonds. The summed E-state index contributed by atoms with van der Waals surface area (Å²) in [5.41, 5.74) is 0.290. The maximum atomic E-state index is 11.8. The van der Waals surface area contributed by atoms with Gasteiger partial charge in [-0.05, 0) is 32.1 Å². The summed E-state index contributed by atoms with van der Waals surface area (Å²) in [5, 5.41) is 8.12. The monoisotopic (exact) mass is 269 g/mol. The molecular formula is C14H27N3O2. The van der Waals surface area contributed by atoms with E-state index < -0.39 is 6.03 Å². The van der Waals surface area contributed by atoms with Crippen molar-refractivity contribution in [3.05, 3.63) is 0 Å². The maximum Gasteiger partial charge on any atom is 0.321 e. The lowest BCUT2D eigenvalue weighted by Crippen LogP contribution is -2.50. The molecule has 1 rings (SSSR count). The third kappa shape index (κ3) is 5.59. The summed E-state index contributed by atoms with van der Waals surface area (Å²) >= 11 is 0. The van der Waals surface area contributed by atoms with Crippen molar-refractivity contribution >= 4 is 11.9 Å². The van der Waals surface area contributed by atoms with Crippen molar-refractivity contribution < 1.29 is 9.59 Å². The Labute approximate surface area is 115 Å². The summed E-state index contributed by atoms with van der Waals surface area (Å²) in [5.74, 6) is -0.273. The van der Waals surface area contributed by atoms with Crippen LogP contribution < -0.4 is 16.0 Å². The zero-order valence-electron chi connectivity index (χ0n) is 12.3. The minimum absolute atomic E-state index is 0.273. The molecule has 110 valence electrons. The number of urea groups is 1. The van der Waals surface area contributed by atoms with Crippen LogP contribution in [0.5, 0.6) is 0 Å². The fourth-order valence-corrected chi connectivity index (χ4v) is 2.50. The van der Waals surface area contributed by atoms with E-state index in [4.69, 9.17) is 0 Å². The standard InChI is InChI=1S/C14H27N3O2/c1-4-15-13(19)17-12(18)11(2)16-10-14(3)8-6-5-7-9-14/h11,16H,4-10H2,1-3H3,(H2,15,17,18,19). The topological polar surface area (TPSA) is 70.2 Å². The van der Waals surface area contributed by atoms with Gasteiger partial charge in [-0.15, -0.1) is 0 Å². The van der Waals surface area contributed by atoms with Crippen LogP contribution in [0.25, 0.3) is 0 Å². The van der Waals surface area contributed by atoms with Crippen LogP contribution in [0.4, 0.5) is 4.79 Å². The van der Waals surface area contributed by atoms with E-state index in [1.165, 1.54) is 32.1 Å². The molecule has 0 aromatic rings. The lowest BCUT2D eigenvalue weighted by molar-refractivity contribution is -0.121. The molecule has 0 heterocycles. The second-order valence-electron chi connectivity index (χ2n) is 5.82. The molecule has 1 atom stereocenters. The highest BCUT2D eigenvalue weighted by molar-refractivity contribution is 5.96. The van der Waals surface area contributed by atoms with Gasteiger partial charge in [0.1, 0.15) is 0 Å². The van der Waals surface area contributed by atoms with E-state index in [0.29, 0.717) is 12.0 Å². The molecular weight excluding hydrogens is 242 g/mol. The molecule has 0 spiro atoms. The largest absolute Gasteiger partial charge is 0.338 e. The summed E-state index contributed by atoms with van der Waals surface area (Å²) in [6.45, 7) is 7.22. The van der Waals surface area contributed by atoms with Crippen LogP contribution in [0.1, 0.15) is 52.9 Å². The van der Waals surface area contributed by atoms with Gasteiger partial charge in [0.15, 0.2) is 0 Å². The van der Waals surface area contributed by atoms with Crippen molar-refractivity contribution in [3.8, 4) is 0 Å². The van der Waals surface area contributed by atoms with E-state index >= 15 is 0 Å². The van der Waals surface area contributed by atoms with Gasteiger partial charge in [0.25, 0.3) is 0 Å². The molecule has 0 radical (unpaired) electrons. The van der Waals surface area contributed by atoms with Crippen molar-refractivity contribution in [1.82, 2.24) is 16.0 Å². The number of imide groups is 1. The number of amides is 3. The van der Waals surface area contributed by atoms with Crippen LogP contribution in [0.3, 0.4) is 0 Å². The Bertz CT molecular complexity index is 312. The average Bonchev–Trinajstić information content (AvgIpc) is 2.37. The van der Waals surface area contributed by atoms with E-state index in [1.807, 2.05) is 6.92 Å². The first-order chi connectivity index (χ1) is 8.97. The fraction of sp³-hybridized carbons (Fsp3) is 0.857. The first-order valence-corrected chi connectivity index (χ1v) is 7.29. The van der Waals surface area contributed by atoms with Gasteiger partial charge >= 0.3 is 6.03 Å². The Morgan fingerprint density at radius 3 is 2.42 bits per heavy atom. The third-order valence-corrected chi connectivity index (χ3v) is 3.86. The maximum absolute atomic E-state index is 11.8. The summed E-state index contributed by atoms with van der Waals surface area (Å²) in [6, 6.07) is -0.772. The van der Waals surface area contributed by atoms with Crippen molar-refractivity contribution in [2.45, 2.75) is 58.9 Å². The van der Waals surface area contributed by atoms with Crippen LogP contribution in [0.2, 0.25) is 0 Å². The number of carbonyl (C=O) groups excluding carboxylic acids is 2. The molecule has 1 aliphatic carbocycles. The Balaban J connectivity index is 2.31. The Morgan fingerprint density at radius 1 is 1.21 bits per heavy atom. The molecule has 1 aliphatic rings. The van der Waals surface area contributed by atoms with Crippen molar-refractivity contribution in [3.63, 3.8) is 0 Å². The Hall–Kier alpha value is -1.10. The summed E-state index contributed by atoms with van der Waals surface area (Å²) < 4.78 is 0. The quantitative estimate of drug-likeness (QED) is 0.712. The zero-order valence-corrected chi connectivity index (χ0v) is 12.3. The summed E-state index contributed by atoms with van der Waals surface area (Å²) in [4.78, 5) is 23.0. The number of hydrogen-bond donors (Lipinski definition) is 3. The second-order valence-corrected chi connectivity index (χ2v) is 5.82. The van der Waals surface area contributed by atoms with Gasteiger partial charge in [0.05, 0.1) is 6.04 Å². The average molecular weight is 269 g/mol. The number of rotatable bonds is 5. The van der Waals surface area contributed by atoms with Crippen molar-refractivity contribution in [1.29, 1.82) is 0 Å². The summed E-state index contributed by atoms with van der Waals surface area (Å²) in [6.07, 6.45) is 6.30. The molecule has 0 bridgehead atoms. The number of hydrogen-bond acceptors (Lipinski definition) is 3. The molecule has 1 fully saturated rings. The van der Waals surface area contributed by atoms with E-state index in [9.17, 15) is 9.59 Å². The third-order valence-electron chi connectivity index (χ3n) is 3.86. The predicted molar refractivity (Wildman–Crippen MR) is 75.9 cm³/mol. The van der Waals surface area contributed by atoms with Crippen LogP contribution in [0.15, 0.2) is 0 Å². The highest BCUT2D eigenvalue weighted by atomic mass is 16.2. The first-order valence-electron chi connectivity index (χ1n) is 7.29. The van der Waals surface area contributed by atoms with Gasteiger partial charge in [-0.3, -0.25) is 10.1 Å². The molecule has 0 aliphatic heterocycles. The number of nitrogens with one attached hydrogen (secondary N) is 3. The summed E-state index contributed by atoms with van der Waals surface area (Å²) in [7, 11) is 0. The van der Waals surface area contributed by atoms with Crippen molar-refractivity contribution in [2.24, 2.45) is 5.41 Å². The highest BCUT2D eigenvalue weighted by Gasteiger charge is 2.27. The fourth-order valence-electron chi connectivity index (χ4n) is 2.50. The molecule has 1 saturated carbocycles. The second kappa shape index (κ2) is 7.48. The minimum Gasteiger partial charge on any atom is -0.338 e. The van der Waals surface area contributed by atoms with Crippen molar-refractivity contribution in [2.75, 3.05) is 13.1 Å². The molecule has 5 nitrogen and oxygen atoms in total. The van der Waals surface area contributed by atoms with Crippen LogP contribution in [0, 0.1) is 5.41 Å². The first kappa shape index (κ1) is 16.0. The highest BCUT2D eigenvalue weighted by Crippen LogP contribution is 2.34. The van der Waals surface area contributed by atoms with E-state index in [-0.39, 0.29) is 11.9 Å². The van der Waals surface area contributed by atoms with Gasteiger partial charge in [0.2, 0.25) is 5.91 Å². The Kier molecular flexibility index (Phi) is 6.28. The van der Waals surface area contributed by atoms with E-state index in [0.717, 1.165) is 6.54 Å². The molecule has 19 heavy (non-hydrogen) atoms. The molecule has 3 N–H and O–H groups in total. The lowest BCUT2D eigenvalue weighted by Gasteiger charge is -2.34. The van der Waals surface area contributed by atoms with E-state index in [1.54, 1.807) is 6.92 Å². The molecule has 0 aromatic carbocycles.